The van der Waals surface area contributed by atoms with Crippen molar-refractivity contribution in [2.24, 2.45) is 0 Å². The van der Waals surface area contributed by atoms with E-state index < -0.39 is 0 Å². The van der Waals surface area contributed by atoms with Gasteiger partial charge in [0.25, 0.3) is 5.91 Å². The molecule has 0 radical (unpaired) electrons. The van der Waals surface area contributed by atoms with Gasteiger partial charge in [0.15, 0.2) is 0 Å². The molecule has 4 rings (SSSR count). The van der Waals surface area contributed by atoms with Gasteiger partial charge in [-0.2, -0.15) is 0 Å². The molecule has 178 valence electrons. The first kappa shape index (κ1) is 24.0. The van der Waals surface area contributed by atoms with Crippen LogP contribution in [0.5, 0.6) is 5.75 Å². The van der Waals surface area contributed by atoms with E-state index in [9.17, 15) is 14.0 Å². The van der Waals surface area contributed by atoms with Crippen molar-refractivity contribution in [3.63, 3.8) is 0 Å². The Morgan fingerprint density at radius 3 is 2.59 bits per heavy atom. The molecule has 0 aliphatic carbocycles. The summed E-state index contributed by atoms with van der Waals surface area (Å²) in [6.45, 7) is 6.57. The molecule has 0 fully saturated rings. The van der Waals surface area contributed by atoms with E-state index in [2.05, 4.69) is 0 Å². The molecular weight excluding hydrogens is 451 g/mol. The third kappa shape index (κ3) is 5.14. The first-order valence-corrected chi connectivity index (χ1v) is 12.3. The van der Waals surface area contributed by atoms with Crippen LogP contribution in [0.25, 0.3) is 0 Å². The Balaban J connectivity index is 1.54. The summed E-state index contributed by atoms with van der Waals surface area (Å²) in [6.07, 6.45) is 0.777. The predicted octanol–water partition coefficient (Wildman–Crippen LogP) is 5.25. The van der Waals surface area contributed by atoms with E-state index in [0.29, 0.717) is 17.9 Å². The first-order chi connectivity index (χ1) is 16.3. The number of aryl methyl sites for hydroxylation is 1. The summed E-state index contributed by atoms with van der Waals surface area (Å²) in [6, 6.07) is 15.0. The van der Waals surface area contributed by atoms with Crippen LogP contribution < -0.4 is 4.74 Å². The molecule has 0 saturated heterocycles. The molecule has 0 N–H and O–H groups in total. The van der Waals surface area contributed by atoms with E-state index in [0.717, 1.165) is 17.5 Å². The number of amides is 2. The van der Waals surface area contributed by atoms with Crippen molar-refractivity contribution in [1.29, 1.82) is 0 Å². The summed E-state index contributed by atoms with van der Waals surface area (Å²) in [4.78, 5) is 31.6. The SMILES string of the molecule is Cc1ccccc1C(=O)N(CC(=O)N1CCc2sccc2C1COc1ccc(F)cc1)C(C)C. The van der Waals surface area contributed by atoms with Crippen molar-refractivity contribution in [1.82, 2.24) is 9.80 Å². The number of carbonyl (C=O) groups is 2. The Hall–Kier alpha value is -3.19. The number of ether oxygens (including phenoxy) is 1. The summed E-state index contributed by atoms with van der Waals surface area (Å²) in [7, 11) is 0. The van der Waals surface area contributed by atoms with E-state index in [-0.39, 0.29) is 42.9 Å². The molecule has 2 heterocycles. The highest BCUT2D eigenvalue weighted by atomic mass is 32.1. The first-order valence-electron chi connectivity index (χ1n) is 11.5. The zero-order valence-corrected chi connectivity index (χ0v) is 20.5. The molecule has 7 heteroatoms. The van der Waals surface area contributed by atoms with E-state index >= 15 is 0 Å². The quantitative estimate of drug-likeness (QED) is 0.464. The van der Waals surface area contributed by atoms with Crippen LogP contribution in [0.1, 0.15) is 46.3 Å². The molecule has 0 spiro atoms. The minimum Gasteiger partial charge on any atom is -0.491 e. The average molecular weight is 481 g/mol. The average Bonchev–Trinajstić information content (AvgIpc) is 3.31. The summed E-state index contributed by atoms with van der Waals surface area (Å²) >= 11 is 1.68. The summed E-state index contributed by atoms with van der Waals surface area (Å²) in [5.41, 5.74) is 2.57. The molecule has 1 atom stereocenters. The Bertz CT molecular complexity index is 1160. The highest BCUT2D eigenvalue weighted by molar-refractivity contribution is 7.10. The maximum Gasteiger partial charge on any atom is 0.254 e. The van der Waals surface area contributed by atoms with Gasteiger partial charge < -0.3 is 14.5 Å². The van der Waals surface area contributed by atoms with Crippen LogP contribution >= 0.6 is 11.3 Å². The lowest BCUT2D eigenvalue weighted by Gasteiger charge is -2.37. The Morgan fingerprint density at radius 2 is 1.88 bits per heavy atom. The van der Waals surface area contributed by atoms with Crippen LogP contribution in [0.15, 0.2) is 60.0 Å². The lowest BCUT2D eigenvalue weighted by Crippen LogP contribution is -2.49. The molecule has 34 heavy (non-hydrogen) atoms. The second kappa shape index (κ2) is 10.4. The molecule has 5 nitrogen and oxygen atoms in total. The lowest BCUT2D eigenvalue weighted by atomic mass is 10.00. The molecule has 2 aromatic carbocycles. The monoisotopic (exact) mass is 480 g/mol. The maximum absolute atomic E-state index is 13.6. The van der Waals surface area contributed by atoms with E-state index in [1.807, 2.05) is 55.3 Å². The van der Waals surface area contributed by atoms with Crippen LogP contribution in [-0.4, -0.2) is 47.4 Å². The molecular formula is C27H29FN2O3S. The van der Waals surface area contributed by atoms with Crippen LogP contribution in [0.3, 0.4) is 0 Å². The Morgan fingerprint density at radius 1 is 1.15 bits per heavy atom. The predicted molar refractivity (Wildman–Crippen MR) is 132 cm³/mol. The number of benzene rings is 2. The number of fused-ring (bicyclic) bond motifs is 1. The maximum atomic E-state index is 13.6. The van der Waals surface area contributed by atoms with Crippen molar-refractivity contribution in [2.45, 2.75) is 39.3 Å². The van der Waals surface area contributed by atoms with E-state index in [4.69, 9.17) is 4.74 Å². The van der Waals surface area contributed by atoms with Gasteiger partial charge in [-0.15, -0.1) is 11.3 Å². The molecule has 1 unspecified atom stereocenters. The van der Waals surface area contributed by atoms with Gasteiger partial charge in [0.2, 0.25) is 5.91 Å². The van der Waals surface area contributed by atoms with Gasteiger partial charge >= 0.3 is 0 Å². The van der Waals surface area contributed by atoms with E-state index in [1.165, 1.54) is 17.0 Å². The normalized spacial score (nSPS) is 15.2. The lowest BCUT2D eigenvalue weighted by molar-refractivity contribution is -0.136. The molecule has 3 aromatic rings. The van der Waals surface area contributed by atoms with Crippen molar-refractivity contribution in [3.05, 3.63) is 87.4 Å². The zero-order chi connectivity index (χ0) is 24.2. The van der Waals surface area contributed by atoms with Gasteiger partial charge in [-0.1, -0.05) is 18.2 Å². The minimum absolute atomic E-state index is 0.00263. The second-order valence-corrected chi connectivity index (χ2v) is 9.76. The number of carbonyl (C=O) groups excluding carboxylic acids is 2. The van der Waals surface area contributed by atoms with Gasteiger partial charge in [-0.25, -0.2) is 4.39 Å². The molecule has 1 aliphatic rings. The van der Waals surface area contributed by atoms with Gasteiger partial charge in [0.1, 0.15) is 24.7 Å². The standard InChI is InChI=1S/C27H29FN2O3S/c1-18(2)30(27(32)22-7-5-4-6-19(22)3)16-26(31)29-14-12-25-23(13-15-34-25)24(29)17-33-21-10-8-20(28)9-11-21/h4-11,13,15,18,24H,12,14,16-17H2,1-3H3. The fraction of sp³-hybridized carbons (Fsp3) is 0.333. The van der Waals surface area contributed by atoms with Crippen molar-refractivity contribution in [2.75, 3.05) is 19.7 Å². The van der Waals surface area contributed by atoms with E-state index in [1.54, 1.807) is 34.4 Å². The number of thiophene rings is 1. The van der Waals surface area contributed by atoms with Crippen molar-refractivity contribution >= 4 is 23.2 Å². The van der Waals surface area contributed by atoms with Gasteiger partial charge in [-0.3, -0.25) is 9.59 Å². The number of rotatable bonds is 7. The van der Waals surface area contributed by atoms with Crippen LogP contribution in [0.2, 0.25) is 0 Å². The van der Waals surface area contributed by atoms with Gasteiger partial charge in [-0.05, 0) is 80.1 Å². The van der Waals surface area contributed by atoms with Gasteiger partial charge in [0, 0.05) is 23.0 Å². The van der Waals surface area contributed by atoms with Crippen molar-refractivity contribution in [3.8, 4) is 5.75 Å². The number of halogens is 1. The third-order valence-corrected chi connectivity index (χ3v) is 7.20. The number of hydrogen-bond donors (Lipinski definition) is 0. The van der Waals surface area contributed by atoms with Gasteiger partial charge in [0.05, 0.1) is 6.04 Å². The summed E-state index contributed by atoms with van der Waals surface area (Å²) < 4.78 is 19.2. The summed E-state index contributed by atoms with van der Waals surface area (Å²) in [5.74, 6) is -0.0299. The fourth-order valence-electron chi connectivity index (χ4n) is 4.27. The fourth-order valence-corrected chi connectivity index (χ4v) is 5.20. The zero-order valence-electron chi connectivity index (χ0n) is 19.7. The second-order valence-electron chi connectivity index (χ2n) is 8.76. The molecule has 0 saturated carbocycles. The largest absolute Gasteiger partial charge is 0.491 e. The van der Waals surface area contributed by atoms with Crippen LogP contribution in [0.4, 0.5) is 4.39 Å². The number of hydrogen-bond acceptors (Lipinski definition) is 4. The summed E-state index contributed by atoms with van der Waals surface area (Å²) in [5, 5.41) is 2.03. The van der Waals surface area contributed by atoms with Crippen LogP contribution in [0, 0.1) is 12.7 Å². The smallest absolute Gasteiger partial charge is 0.254 e. The number of nitrogens with zero attached hydrogens (tertiary/aromatic N) is 2. The Kier molecular flexibility index (Phi) is 7.32. The highest BCUT2D eigenvalue weighted by Crippen LogP contribution is 2.34. The topological polar surface area (TPSA) is 49.9 Å². The van der Waals surface area contributed by atoms with Crippen LogP contribution in [-0.2, 0) is 11.2 Å². The third-order valence-electron chi connectivity index (χ3n) is 6.20. The minimum atomic E-state index is -0.325. The molecule has 0 bridgehead atoms. The Labute approximate surface area is 203 Å². The molecule has 1 aromatic heterocycles. The highest BCUT2D eigenvalue weighted by Gasteiger charge is 2.34. The molecule has 1 aliphatic heterocycles. The molecule has 2 amide bonds. The van der Waals surface area contributed by atoms with Crippen molar-refractivity contribution < 1.29 is 18.7 Å².